The quantitative estimate of drug-likeness (QED) is 0.345. The maximum Gasteiger partial charge on any atom is 0.224 e. The molecule has 1 heterocycles. The molecule has 1 unspecified atom stereocenters. The standard InChI is InChI=1S/C19H30N4O2.HI/c1-3-20-19(22-14-17-10-7-13-25-17)21-12-11-18(24)23(2)15-16-8-5-4-6-9-16;/h4-6,8-9,17H,3,7,10-15H2,1-2H3,(H2,20,21,22);1H. The molecule has 1 aromatic carbocycles. The van der Waals surface area contributed by atoms with E-state index in [4.69, 9.17) is 4.74 Å². The lowest BCUT2D eigenvalue weighted by Crippen LogP contribution is -2.40. The summed E-state index contributed by atoms with van der Waals surface area (Å²) in [6, 6.07) is 10.0. The summed E-state index contributed by atoms with van der Waals surface area (Å²) in [4.78, 5) is 18.6. The fourth-order valence-electron chi connectivity index (χ4n) is 2.75. The Morgan fingerprint density at radius 3 is 2.73 bits per heavy atom. The molecule has 1 aromatic rings. The lowest BCUT2D eigenvalue weighted by atomic mass is 10.2. The van der Waals surface area contributed by atoms with Gasteiger partial charge in [-0.25, -0.2) is 0 Å². The van der Waals surface area contributed by atoms with Gasteiger partial charge in [-0.15, -0.1) is 24.0 Å². The Morgan fingerprint density at radius 2 is 2.08 bits per heavy atom. The Labute approximate surface area is 173 Å². The molecule has 0 radical (unpaired) electrons. The molecule has 1 aliphatic heterocycles. The first-order valence-electron chi connectivity index (χ1n) is 9.10. The summed E-state index contributed by atoms with van der Waals surface area (Å²) < 4.78 is 5.59. The molecule has 0 spiro atoms. The summed E-state index contributed by atoms with van der Waals surface area (Å²) in [5.41, 5.74) is 1.14. The highest BCUT2D eigenvalue weighted by Crippen LogP contribution is 2.11. The van der Waals surface area contributed by atoms with E-state index in [1.54, 1.807) is 4.90 Å². The molecule has 1 aliphatic rings. The zero-order valence-corrected chi connectivity index (χ0v) is 18.1. The van der Waals surface area contributed by atoms with Crippen LogP contribution < -0.4 is 10.6 Å². The number of nitrogens with one attached hydrogen (secondary N) is 2. The average molecular weight is 474 g/mol. The van der Waals surface area contributed by atoms with E-state index in [0.29, 0.717) is 26.1 Å². The van der Waals surface area contributed by atoms with Crippen molar-refractivity contribution in [2.75, 3.05) is 33.3 Å². The second-order valence-electron chi connectivity index (χ2n) is 6.27. The van der Waals surface area contributed by atoms with Crippen LogP contribution in [0.15, 0.2) is 35.3 Å². The zero-order chi connectivity index (χ0) is 17.9. The van der Waals surface area contributed by atoms with Crippen molar-refractivity contribution in [3.63, 3.8) is 0 Å². The highest BCUT2D eigenvalue weighted by molar-refractivity contribution is 14.0. The first-order chi connectivity index (χ1) is 12.2. The minimum Gasteiger partial charge on any atom is -0.376 e. The topological polar surface area (TPSA) is 66.0 Å². The molecule has 2 rings (SSSR count). The predicted octanol–water partition coefficient (Wildman–Crippen LogP) is 2.39. The van der Waals surface area contributed by atoms with Crippen LogP contribution in [0, 0.1) is 0 Å². The van der Waals surface area contributed by atoms with E-state index in [2.05, 4.69) is 15.6 Å². The lowest BCUT2D eigenvalue weighted by Gasteiger charge is -2.18. The van der Waals surface area contributed by atoms with Gasteiger partial charge in [0.15, 0.2) is 5.96 Å². The van der Waals surface area contributed by atoms with E-state index < -0.39 is 0 Å². The summed E-state index contributed by atoms with van der Waals surface area (Å²) in [7, 11) is 1.84. The molecule has 0 aliphatic carbocycles. The first kappa shape index (κ1) is 22.7. The van der Waals surface area contributed by atoms with E-state index in [0.717, 1.165) is 37.5 Å². The van der Waals surface area contributed by atoms with Gasteiger partial charge in [-0.3, -0.25) is 9.79 Å². The van der Waals surface area contributed by atoms with Crippen LogP contribution in [-0.2, 0) is 16.1 Å². The number of carbonyl (C=O) groups is 1. The second kappa shape index (κ2) is 12.9. The van der Waals surface area contributed by atoms with Crippen LogP contribution >= 0.6 is 24.0 Å². The Hall–Kier alpha value is -1.35. The third kappa shape index (κ3) is 8.35. The molecular weight excluding hydrogens is 443 g/mol. The number of hydrogen-bond donors (Lipinski definition) is 2. The van der Waals surface area contributed by atoms with Crippen molar-refractivity contribution in [3.8, 4) is 0 Å². The fourth-order valence-corrected chi connectivity index (χ4v) is 2.75. The Bertz CT molecular complexity index is 548. The van der Waals surface area contributed by atoms with Gasteiger partial charge >= 0.3 is 0 Å². The normalized spacial score (nSPS) is 16.7. The van der Waals surface area contributed by atoms with E-state index in [1.807, 2.05) is 44.3 Å². The first-order valence-corrected chi connectivity index (χ1v) is 9.10. The van der Waals surface area contributed by atoms with Crippen LogP contribution in [0.25, 0.3) is 0 Å². The average Bonchev–Trinajstić information content (AvgIpc) is 3.14. The van der Waals surface area contributed by atoms with E-state index in [-0.39, 0.29) is 36.0 Å². The number of ether oxygens (including phenoxy) is 1. The second-order valence-corrected chi connectivity index (χ2v) is 6.27. The summed E-state index contributed by atoms with van der Waals surface area (Å²) in [6.45, 7) is 5.52. The molecule has 1 fully saturated rings. The third-order valence-corrected chi connectivity index (χ3v) is 4.14. The van der Waals surface area contributed by atoms with Gasteiger partial charge in [0.05, 0.1) is 12.6 Å². The minimum atomic E-state index is 0. The Kier molecular flexibility index (Phi) is 11.3. The number of hydrogen-bond acceptors (Lipinski definition) is 3. The number of amides is 1. The van der Waals surface area contributed by atoms with Gasteiger partial charge in [0.2, 0.25) is 5.91 Å². The molecule has 26 heavy (non-hydrogen) atoms. The molecule has 0 aromatic heterocycles. The number of rotatable bonds is 8. The van der Waals surface area contributed by atoms with Crippen molar-refractivity contribution < 1.29 is 9.53 Å². The van der Waals surface area contributed by atoms with Crippen LogP contribution in [0.1, 0.15) is 31.7 Å². The summed E-state index contributed by atoms with van der Waals surface area (Å²) in [6.07, 6.45) is 2.86. The maximum absolute atomic E-state index is 12.3. The molecule has 0 bridgehead atoms. The summed E-state index contributed by atoms with van der Waals surface area (Å²) >= 11 is 0. The maximum atomic E-state index is 12.3. The third-order valence-electron chi connectivity index (χ3n) is 4.14. The lowest BCUT2D eigenvalue weighted by molar-refractivity contribution is -0.130. The summed E-state index contributed by atoms with van der Waals surface area (Å²) in [5, 5.41) is 6.44. The largest absolute Gasteiger partial charge is 0.376 e. The van der Waals surface area contributed by atoms with Crippen LogP contribution in [0.2, 0.25) is 0 Å². The van der Waals surface area contributed by atoms with Crippen LogP contribution in [0.3, 0.4) is 0 Å². The van der Waals surface area contributed by atoms with E-state index in [1.165, 1.54) is 0 Å². The predicted molar refractivity (Wildman–Crippen MR) is 116 cm³/mol. The number of benzene rings is 1. The van der Waals surface area contributed by atoms with Crippen molar-refractivity contribution in [2.24, 2.45) is 4.99 Å². The molecule has 2 N–H and O–H groups in total. The number of aliphatic imine (C=N–C) groups is 1. The minimum absolute atomic E-state index is 0. The summed E-state index contributed by atoms with van der Waals surface area (Å²) in [5.74, 6) is 0.864. The van der Waals surface area contributed by atoms with Crippen LogP contribution in [0.5, 0.6) is 0 Å². The van der Waals surface area contributed by atoms with E-state index >= 15 is 0 Å². The Morgan fingerprint density at radius 1 is 1.31 bits per heavy atom. The number of guanidine groups is 1. The fraction of sp³-hybridized carbons (Fsp3) is 0.579. The number of carbonyl (C=O) groups excluding carboxylic acids is 1. The SMILES string of the molecule is CCNC(=NCC1CCCO1)NCCC(=O)N(C)Cc1ccccc1.I. The van der Waals surface area contributed by atoms with Crippen molar-refractivity contribution in [1.82, 2.24) is 15.5 Å². The van der Waals surface area contributed by atoms with Crippen LogP contribution in [0.4, 0.5) is 0 Å². The molecule has 1 saturated heterocycles. The molecule has 7 heteroatoms. The molecule has 0 saturated carbocycles. The molecule has 1 atom stereocenters. The molecule has 146 valence electrons. The van der Waals surface area contributed by atoms with Crippen LogP contribution in [-0.4, -0.2) is 56.2 Å². The van der Waals surface area contributed by atoms with Gasteiger partial charge in [0.1, 0.15) is 0 Å². The zero-order valence-electron chi connectivity index (χ0n) is 15.7. The number of halogens is 1. The molecule has 1 amide bonds. The van der Waals surface area contributed by atoms with Gasteiger partial charge in [-0.1, -0.05) is 30.3 Å². The van der Waals surface area contributed by atoms with Crippen molar-refractivity contribution >= 4 is 35.8 Å². The van der Waals surface area contributed by atoms with E-state index in [9.17, 15) is 4.79 Å². The van der Waals surface area contributed by atoms with Crippen molar-refractivity contribution in [2.45, 2.75) is 38.8 Å². The van der Waals surface area contributed by atoms with Gasteiger partial charge < -0.3 is 20.3 Å². The van der Waals surface area contributed by atoms with Gasteiger partial charge in [0, 0.05) is 39.7 Å². The van der Waals surface area contributed by atoms with Gasteiger partial charge in [-0.05, 0) is 25.3 Å². The molecular formula is C19H31IN4O2. The van der Waals surface area contributed by atoms with Gasteiger partial charge in [0.25, 0.3) is 0 Å². The number of nitrogens with zero attached hydrogens (tertiary/aromatic N) is 2. The molecule has 6 nitrogen and oxygen atoms in total. The highest BCUT2D eigenvalue weighted by atomic mass is 127. The monoisotopic (exact) mass is 474 g/mol. The smallest absolute Gasteiger partial charge is 0.224 e. The highest BCUT2D eigenvalue weighted by Gasteiger charge is 2.15. The van der Waals surface area contributed by atoms with Crippen molar-refractivity contribution in [3.05, 3.63) is 35.9 Å². The van der Waals surface area contributed by atoms with Gasteiger partial charge in [-0.2, -0.15) is 0 Å². The van der Waals surface area contributed by atoms with Crippen molar-refractivity contribution in [1.29, 1.82) is 0 Å². The Balaban J connectivity index is 0.00000338.